The number of para-hydroxylation sites is 1. The predicted molar refractivity (Wildman–Crippen MR) is 70.7 cm³/mol. The maximum Gasteiger partial charge on any atom is 0.193 e. The number of rotatable bonds is 5. The minimum absolute atomic E-state index is 0.288. The van der Waals surface area contributed by atoms with Crippen molar-refractivity contribution in [3.8, 4) is 0 Å². The van der Waals surface area contributed by atoms with Crippen LogP contribution in [0.3, 0.4) is 0 Å². The molecule has 0 heterocycles. The number of hydrogen-bond donors (Lipinski definition) is 2. The van der Waals surface area contributed by atoms with Crippen molar-refractivity contribution >= 4 is 11.6 Å². The van der Waals surface area contributed by atoms with Crippen LogP contribution >= 0.6 is 0 Å². The van der Waals surface area contributed by atoms with E-state index in [2.05, 4.69) is 24.2 Å². The smallest absolute Gasteiger partial charge is 0.193 e. The molecule has 0 fully saturated rings. The fourth-order valence-corrected chi connectivity index (χ4v) is 1.50. The summed E-state index contributed by atoms with van der Waals surface area (Å²) in [7, 11) is 0. The van der Waals surface area contributed by atoms with Crippen molar-refractivity contribution in [2.24, 2.45) is 10.7 Å². The standard InChI is InChI=1S/C13H21N3/c1-3-4-8-11(2)15-13(14)16-12-9-6-5-7-10-12/h5-7,9-11H,3-4,8H2,1-2H3,(H3,14,15,16). The minimum Gasteiger partial charge on any atom is -0.370 e. The summed E-state index contributed by atoms with van der Waals surface area (Å²) in [4.78, 5) is 4.39. The molecule has 1 aromatic carbocycles. The molecule has 1 unspecified atom stereocenters. The highest BCUT2D eigenvalue weighted by atomic mass is 15.1. The Morgan fingerprint density at radius 3 is 2.69 bits per heavy atom. The lowest BCUT2D eigenvalue weighted by Crippen LogP contribution is -2.24. The van der Waals surface area contributed by atoms with Crippen LogP contribution in [0, 0.1) is 0 Å². The average Bonchev–Trinajstić information content (AvgIpc) is 2.27. The molecule has 3 heteroatoms. The van der Waals surface area contributed by atoms with Crippen LogP contribution in [0.15, 0.2) is 35.3 Å². The number of guanidine groups is 1. The van der Waals surface area contributed by atoms with Crippen LogP contribution in [0.25, 0.3) is 0 Å². The second kappa shape index (κ2) is 6.88. The first-order valence-electron chi connectivity index (χ1n) is 5.87. The van der Waals surface area contributed by atoms with E-state index in [0.29, 0.717) is 5.96 Å². The highest BCUT2D eigenvalue weighted by Gasteiger charge is 2.00. The Balaban J connectivity index is 2.45. The first-order chi connectivity index (χ1) is 7.72. The lowest BCUT2D eigenvalue weighted by molar-refractivity contribution is 0.617. The van der Waals surface area contributed by atoms with Gasteiger partial charge in [0.15, 0.2) is 5.96 Å². The van der Waals surface area contributed by atoms with Gasteiger partial charge in [0, 0.05) is 5.69 Å². The molecule has 0 saturated heterocycles. The molecule has 0 bridgehead atoms. The molecule has 0 saturated carbocycles. The number of unbranched alkanes of at least 4 members (excludes halogenated alkanes) is 1. The SMILES string of the molecule is CCCCC(C)N=C(N)Nc1ccccc1. The van der Waals surface area contributed by atoms with Crippen molar-refractivity contribution < 1.29 is 0 Å². The fourth-order valence-electron chi connectivity index (χ4n) is 1.50. The summed E-state index contributed by atoms with van der Waals surface area (Å²) >= 11 is 0. The van der Waals surface area contributed by atoms with Gasteiger partial charge in [0.1, 0.15) is 0 Å². The molecule has 3 N–H and O–H groups in total. The van der Waals surface area contributed by atoms with E-state index < -0.39 is 0 Å². The maximum absolute atomic E-state index is 5.82. The van der Waals surface area contributed by atoms with Gasteiger partial charge >= 0.3 is 0 Å². The Morgan fingerprint density at radius 2 is 2.06 bits per heavy atom. The summed E-state index contributed by atoms with van der Waals surface area (Å²) in [5.41, 5.74) is 6.80. The lowest BCUT2D eigenvalue weighted by atomic mass is 10.1. The van der Waals surface area contributed by atoms with Crippen molar-refractivity contribution in [2.45, 2.75) is 39.2 Å². The second-order valence-corrected chi connectivity index (χ2v) is 4.00. The molecule has 88 valence electrons. The van der Waals surface area contributed by atoms with Crippen LogP contribution in [0.1, 0.15) is 33.1 Å². The van der Waals surface area contributed by atoms with Crippen LogP contribution in [0.5, 0.6) is 0 Å². The molecule has 0 amide bonds. The number of hydrogen-bond acceptors (Lipinski definition) is 1. The lowest BCUT2D eigenvalue weighted by Gasteiger charge is -2.09. The third kappa shape index (κ3) is 4.82. The molecule has 0 aliphatic carbocycles. The Kier molecular flexibility index (Phi) is 5.40. The largest absolute Gasteiger partial charge is 0.370 e. The van der Waals surface area contributed by atoms with Crippen molar-refractivity contribution in [3.05, 3.63) is 30.3 Å². The molecular weight excluding hydrogens is 198 g/mol. The van der Waals surface area contributed by atoms with Crippen LogP contribution < -0.4 is 11.1 Å². The van der Waals surface area contributed by atoms with Gasteiger partial charge in [-0.15, -0.1) is 0 Å². The van der Waals surface area contributed by atoms with Gasteiger partial charge in [0.2, 0.25) is 0 Å². The van der Waals surface area contributed by atoms with Gasteiger partial charge in [-0.1, -0.05) is 38.0 Å². The third-order valence-electron chi connectivity index (χ3n) is 2.38. The number of aliphatic imine (C=N–C) groups is 1. The molecule has 1 aromatic rings. The van der Waals surface area contributed by atoms with Gasteiger partial charge in [-0.25, -0.2) is 0 Å². The van der Waals surface area contributed by atoms with Gasteiger partial charge in [-0.3, -0.25) is 4.99 Å². The normalized spacial score (nSPS) is 13.5. The highest BCUT2D eigenvalue weighted by molar-refractivity contribution is 5.92. The monoisotopic (exact) mass is 219 g/mol. The highest BCUT2D eigenvalue weighted by Crippen LogP contribution is 2.06. The Labute approximate surface area is 97.8 Å². The number of nitrogens with two attached hydrogens (primary N) is 1. The zero-order valence-corrected chi connectivity index (χ0v) is 10.1. The summed E-state index contributed by atoms with van der Waals surface area (Å²) in [5.74, 6) is 0.495. The molecule has 1 atom stereocenters. The number of anilines is 1. The van der Waals surface area contributed by atoms with Crippen molar-refractivity contribution in [1.82, 2.24) is 0 Å². The van der Waals surface area contributed by atoms with Gasteiger partial charge < -0.3 is 11.1 Å². The predicted octanol–water partition coefficient (Wildman–Crippen LogP) is 2.99. The van der Waals surface area contributed by atoms with Crippen LogP contribution in [-0.2, 0) is 0 Å². The number of benzene rings is 1. The zero-order chi connectivity index (χ0) is 11.8. The summed E-state index contributed by atoms with van der Waals surface area (Å²) < 4.78 is 0. The molecule has 16 heavy (non-hydrogen) atoms. The number of nitrogens with zero attached hydrogens (tertiary/aromatic N) is 1. The van der Waals surface area contributed by atoms with E-state index in [1.54, 1.807) is 0 Å². The van der Waals surface area contributed by atoms with Crippen LogP contribution in [0.2, 0.25) is 0 Å². The maximum atomic E-state index is 5.82. The average molecular weight is 219 g/mol. The zero-order valence-electron chi connectivity index (χ0n) is 10.1. The first-order valence-corrected chi connectivity index (χ1v) is 5.87. The molecule has 0 radical (unpaired) electrons. The van der Waals surface area contributed by atoms with E-state index >= 15 is 0 Å². The van der Waals surface area contributed by atoms with E-state index in [1.165, 1.54) is 12.8 Å². The summed E-state index contributed by atoms with van der Waals surface area (Å²) in [6.07, 6.45) is 3.49. The van der Waals surface area contributed by atoms with Gasteiger partial charge in [-0.05, 0) is 25.5 Å². The second-order valence-electron chi connectivity index (χ2n) is 4.00. The molecule has 1 rings (SSSR count). The number of nitrogens with one attached hydrogen (secondary N) is 1. The summed E-state index contributed by atoms with van der Waals surface area (Å²) in [6.45, 7) is 4.28. The van der Waals surface area contributed by atoms with Crippen LogP contribution in [-0.4, -0.2) is 12.0 Å². The van der Waals surface area contributed by atoms with Gasteiger partial charge in [0.05, 0.1) is 6.04 Å². The van der Waals surface area contributed by atoms with E-state index in [9.17, 15) is 0 Å². The quantitative estimate of drug-likeness (QED) is 0.591. The third-order valence-corrected chi connectivity index (χ3v) is 2.38. The van der Waals surface area contributed by atoms with Crippen molar-refractivity contribution in [2.75, 3.05) is 5.32 Å². The molecule has 0 aromatic heterocycles. The molecule has 0 aliphatic rings. The molecular formula is C13H21N3. The summed E-state index contributed by atoms with van der Waals surface area (Å²) in [5, 5.41) is 3.08. The molecule has 0 aliphatic heterocycles. The van der Waals surface area contributed by atoms with E-state index in [0.717, 1.165) is 12.1 Å². The Bertz CT molecular complexity index is 319. The van der Waals surface area contributed by atoms with Crippen molar-refractivity contribution in [1.29, 1.82) is 0 Å². The van der Waals surface area contributed by atoms with Gasteiger partial charge in [0.25, 0.3) is 0 Å². The topological polar surface area (TPSA) is 50.4 Å². The van der Waals surface area contributed by atoms with E-state index in [4.69, 9.17) is 5.73 Å². The minimum atomic E-state index is 0.288. The van der Waals surface area contributed by atoms with E-state index in [1.807, 2.05) is 30.3 Å². The Hall–Kier alpha value is -1.51. The Morgan fingerprint density at radius 1 is 1.38 bits per heavy atom. The fraction of sp³-hybridized carbons (Fsp3) is 0.462. The first kappa shape index (κ1) is 12.6. The van der Waals surface area contributed by atoms with E-state index in [-0.39, 0.29) is 6.04 Å². The van der Waals surface area contributed by atoms with Gasteiger partial charge in [-0.2, -0.15) is 0 Å². The summed E-state index contributed by atoms with van der Waals surface area (Å²) in [6, 6.07) is 10.1. The van der Waals surface area contributed by atoms with Crippen molar-refractivity contribution in [3.63, 3.8) is 0 Å². The molecule has 3 nitrogen and oxygen atoms in total. The van der Waals surface area contributed by atoms with Crippen LogP contribution in [0.4, 0.5) is 5.69 Å². The molecule has 0 spiro atoms.